The fourth-order valence-electron chi connectivity index (χ4n) is 3.00. The van der Waals surface area contributed by atoms with Gasteiger partial charge in [-0.05, 0) is 67.6 Å². The zero-order valence-electron chi connectivity index (χ0n) is 16.5. The number of amides is 1. The minimum absolute atomic E-state index is 0.0531. The van der Waals surface area contributed by atoms with Crippen molar-refractivity contribution < 1.29 is 14.0 Å². The molecule has 2 aromatic carbocycles. The second-order valence-electron chi connectivity index (χ2n) is 6.79. The number of aromatic nitrogens is 3. The largest absolute Gasteiger partial charge is 0.322 e. The molecule has 0 aliphatic heterocycles. The summed E-state index contributed by atoms with van der Waals surface area (Å²) < 4.78 is 13.3. The molecule has 0 fully saturated rings. The number of carbonyl (C=O) groups excluding carboxylic acids is 2. The van der Waals surface area contributed by atoms with Gasteiger partial charge in [0.05, 0.1) is 11.3 Å². The Labute approximate surface area is 177 Å². The third-order valence-electron chi connectivity index (χ3n) is 4.64. The number of pyridine rings is 1. The molecular weight excluding hydrogens is 395 g/mol. The van der Waals surface area contributed by atoms with Crippen molar-refractivity contribution in [2.45, 2.75) is 6.92 Å². The maximum Gasteiger partial charge on any atom is 0.259 e. The summed E-state index contributed by atoms with van der Waals surface area (Å²) in [6.07, 6.45) is 4.66. The molecular formula is C24H17FN4O2. The highest BCUT2D eigenvalue weighted by atomic mass is 19.1. The predicted molar refractivity (Wildman–Crippen MR) is 115 cm³/mol. The Morgan fingerprint density at radius 3 is 2.19 bits per heavy atom. The van der Waals surface area contributed by atoms with Gasteiger partial charge in [0.2, 0.25) is 0 Å². The Bertz CT molecular complexity index is 1240. The summed E-state index contributed by atoms with van der Waals surface area (Å²) in [6, 6.07) is 15.9. The molecule has 7 heteroatoms. The van der Waals surface area contributed by atoms with Crippen molar-refractivity contribution in [3.05, 3.63) is 96.2 Å². The van der Waals surface area contributed by atoms with E-state index in [2.05, 4.69) is 20.3 Å². The van der Waals surface area contributed by atoms with Crippen LogP contribution in [0, 0.1) is 5.82 Å². The van der Waals surface area contributed by atoms with Gasteiger partial charge in [-0.3, -0.25) is 14.6 Å². The number of hydrogen-bond donors (Lipinski definition) is 1. The summed E-state index contributed by atoms with van der Waals surface area (Å²) in [4.78, 5) is 37.3. The number of rotatable bonds is 5. The normalized spacial score (nSPS) is 10.5. The standard InChI is InChI=1S/C24H17FN4O2/c1-15(30)16-4-8-20(9-5-16)28-24(31)21-14-27-23(18-2-6-19(25)7-3-18)29-22(21)17-10-12-26-13-11-17/h2-14H,1H3,(H,28,31). The molecule has 4 aromatic rings. The van der Waals surface area contributed by atoms with Crippen LogP contribution in [0.25, 0.3) is 22.6 Å². The Kier molecular flexibility index (Phi) is 5.57. The Morgan fingerprint density at radius 1 is 0.871 bits per heavy atom. The molecule has 0 saturated heterocycles. The first kappa shape index (κ1) is 20.0. The molecule has 152 valence electrons. The van der Waals surface area contributed by atoms with Crippen LogP contribution < -0.4 is 5.32 Å². The first-order valence-electron chi connectivity index (χ1n) is 9.47. The number of Topliss-reactive ketones (excluding diaryl/α,β-unsaturated/α-hetero) is 1. The van der Waals surface area contributed by atoms with Crippen LogP contribution in [0.15, 0.2) is 79.3 Å². The third-order valence-corrected chi connectivity index (χ3v) is 4.64. The molecule has 1 amide bonds. The van der Waals surface area contributed by atoms with Gasteiger partial charge < -0.3 is 5.32 Å². The minimum atomic E-state index is -0.395. The van der Waals surface area contributed by atoms with Crippen molar-refractivity contribution in [3.63, 3.8) is 0 Å². The fourth-order valence-corrected chi connectivity index (χ4v) is 3.00. The van der Waals surface area contributed by atoms with Crippen molar-refractivity contribution in [2.24, 2.45) is 0 Å². The molecule has 0 aliphatic rings. The number of anilines is 1. The molecule has 2 aromatic heterocycles. The molecule has 0 aliphatic carbocycles. The van der Waals surface area contributed by atoms with Gasteiger partial charge in [-0.15, -0.1) is 0 Å². The van der Waals surface area contributed by atoms with E-state index < -0.39 is 5.91 Å². The lowest BCUT2D eigenvalue weighted by Gasteiger charge is -2.11. The molecule has 0 unspecified atom stereocenters. The molecule has 4 rings (SSSR count). The van der Waals surface area contributed by atoms with Crippen LogP contribution in [-0.4, -0.2) is 26.6 Å². The van der Waals surface area contributed by atoms with E-state index in [9.17, 15) is 14.0 Å². The quantitative estimate of drug-likeness (QED) is 0.476. The number of carbonyl (C=O) groups is 2. The molecule has 0 spiro atoms. The van der Waals surface area contributed by atoms with Crippen LogP contribution in [0.4, 0.5) is 10.1 Å². The first-order chi connectivity index (χ1) is 15.0. The van der Waals surface area contributed by atoms with Gasteiger partial charge in [0, 0.05) is 41.0 Å². The average Bonchev–Trinajstić information content (AvgIpc) is 2.80. The molecule has 0 radical (unpaired) electrons. The second kappa shape index (κ2) is 8.62. The lowest BCUT2D eigenvalue weighted by atomic mass is 10.1. The maximum atomic E-state index is 13.3. The van der Waals surface area contributed by atoms with Gasteiger partial charge in [0.15, 0.2) is 11.6 Å². The molecule has 0 saturated carbocycles. The Morgan fingerprint density at radius 2 is 1.55 bits per heavy atom. The van der Waals surface area contributed by atoms with Gasteiger partial charge >= 0.3 is 0 Å². The van der Waals surface area contributed by atoms with Crippen LogP contribution >= 0.6 is 0 Å². The van der Waals surface area contributed by atoms with Crippen molar-refractivity contribution in [1.82, 2.24) is 15.0 Å². The summed E-state index contributed by atoms with van der Waals surface area (Å²) >= 11 is 0. The van der Waals surface area contributed by atoms with E-state index in [1.807, 2.05) is 0 Å². The minimum Gasteiger partial charge on any atom is -0.322 e. The van der Waals surface area contributed by atoms with E-state index in [0.29, 0.717) is 33.9 Å². The van der Waals surface area contributed by atoms with Crippen molar-refractivity contribution >= 4 is 17.4 Å². The number of nitrogens with zero attached hydrogens (tertiary/aromatic N) is 3. The molecule has 1 N–H and O–H groups in total. The van der Waals surface area contributed by atoms with Gasteiger partial charge in [-0.1, -0.05) is 0 Å². The topological polar surface area (TPSA) is 84.8 Å². The monoisotopic (exact) mass is 412 g/mol. The SMILES string of the molecule is CC(=O)c1ccc(NC(=O)c2cnc(-c3ccc(F)cc3)nc2-c2ccncc2)cc1. The first-order valence-corrected chi connectivity index (χ1v) is 9.47. The van der Waals surface area contributed by atoms with E-state index in [0.717, 1.165) is 0 Å². The molecule has 31 heavy (non-hydrogen) atoms. The highest BCUT2D eigenvalue weighted by Crippen LogP contribution is 2.25. The van der Waals surface area contributed by atoms with Crippen LogP contribution in [0.5, 0.6) is 0 Å². The predicted octanol–water partition coefficient (Wildman–Crippen LogP) is 4.80. The number of hydrogen-bond acceptors (Lipinski definition) is 5. The zero-order chi connectivity index (χ0) is 21.8. The Balaban J connectivity index is 1.71. The van der Waals surface area contributed by atoms with Gasteiger partial charge in [-0.25, -0.2) is 14.4 Å². The van der Waals surface area contributed by atoms with Crippen LogP contribution in [-0.2, 0) is 0 Å². The van der Waals surface area contributed by atoms with Gasteiger partial charge in [0.25, 0.3) is 5.91 Å². The summed E-state index contributed by atoms with van der Waals surface area (Å²) in [7, 11) is 0. The number of ketones is 1. The van der Waals surface area contributed by atoms with E-state index in [-0.39, 0.29) is 17.2 Å². The Hall–Kier alpha value is -4.26. The van der Waals surface area contributed by atoms with Crippen molar-refractivity contribution in [2.75, 3.05) is 5.32 Å². The number of benzene rings is 2. The average molecular weight is 412 g/mol. The van der Waals surface area contributed by atoms with Crippen molar-refractivity contribution in [1.29, 1.82) is 0 Å². The maximum absolute atomic E-state index is 13.3. The molecule has 0 bridgehead atoms. The van der Waals surface area contributed by atoms with Gasteiger partial charge in [-0.2, -0.15) is 0 Å². The lowest BCUT2D eigenvalue weighted by Crippen LogP contribution is -2.15. The zero-order valence-corrected chi connectivity index (χ0v) is 16.5. The molecule has 2 heterocycles. The van der Waals surface area contributed by atoms with Gasteiger partial charge in [0.1, 0.15) is 5.82 Å². The van der Waals surface area contributed by atoms with E-state index in [4.69, 9.17) is 0 Å². The summed E-state index contributed by atoms with van der Waals surface area (Å²) in [5.41, 5.74) is 3.12. The highest BCUT2D eigenvalue weighted by Gasteiger charge is 2.17. The van der Waals surface area contributed by atoms with E-state index >= 15 is 0 Å². The smallest absolute Gasteiger partial charge is 0.259 e. The summed E-state index contributed by atoms with van der Waals surface area (Å²) in [6.45, 7) is 1.48. The van der Waals surface area contributed by atoms with Crippen LogP contribution in [0.3, 0.4) is 0 Å². The van der Waals surface area contributed by atoms with E-state index in [1.54, 1.807) is 60.9 Å². The summed E-state index contributed by atoms with van der Waals surface area (Å²) in [5, 5.41) is 2.81. The van der Waals surface area contributed by atoms with Crippen LogP contribution in [0.1, 0.15) is 27.6 Å². The highest BCUT2D eigenvalue weighted by molar-refractivity contribution is 6.08. The van der Waals surface area contributed by atoms with E-state index in [1.165, 1.54) is 25.3 Å². The van der Waals surface area contributed by atoms with Crippen molar-refractivity contribution in [3.8, 4) is 22.6 Å². The van der Waals surface area contributed by atoms with Crippen LogP contribution in [0.2, 0.25) is 0 Å². The number of nitrogens with one attached hydrogen (secondary N) is 1. The third kappa shape index (κ3) is 4.51. The second-order valence-corrected chi connectivity index (χ2v) is 6.79. The lowest BCUT2D eigenvalue weighted by molar-refractivity contribution is 0.101. The fraction of sp³-hybridized carbons (Fsp3) is 0.0417. The molecule has 6 nitrogen and oxygen atoms in total. The molecule has 0 atom stereocenters. The number of halogens is 1. The summed E-state index contributed by atoms with van der Waals surface area (Å²) in [5.74, 6) is -0.435.